The van der Waals surface area contributed by atoms with Crippen LogP contribution in [0.4, 0.5) is 11.4 Å². The number of hydrogen-bond donors (Lipinski definition) is 2. The Morgan fingerprint density at radius 1 is 1.23 bits per heavy atom. The first kappa shape index (κ1) is 17.4. The van der Waals surface area contributed by atoms with Crippen LogP contribution in [0.15, 0.2) is 47.5 Å². The van der Waals surface area contributed by atoms with Gasteiger partial charge in [-0.2, -0.15) is 0 Å². The second-order valence-electron chi connectivity index (χ2n) is 7.25. The Kier molecular flexibility index (Phi) is 4.63. The predicted octanol–water partition coefficient (Wildman–Crippen LogP) is 4.88. The molecule has 0 aromatic heterocycles. The van der Waals surface area contributed by atoms with Gasteiger partial charge in [0.15, 0.2) is 0 Å². The lowest BCUT2D eigenvalue weighted by atomic mass is 9.78. The van der Waals surface area contributed by atoms with E-state index < -0.39 is 0 Å². The fraction of sp³-hybridized carbons (Fsp3) is 0.381. The Morgan fingerprint density at radius 3 is 2.81 bits per heavy atom. The minimum absolute atomic E-state index is 0.232. The third-order valence-corrected chi connectivity index (χ3v) is 5.78. The van der Waals surface area contributed by atoms with E-state index in [0.717, 1.165) is 53.0 Å². The van der Waals surface area contributed by atoms with Gasteiger partial charge in [0.25, 0.3) is 0 Å². The fourth-order valence-corrected chi connectivity index (χ4v) is 4.08. The highest BCUT2D eigenvalue weighted by Gasteiger charge is 2.46. The van der Waals surface area contributed by atoms with Gasteiger partial charge in [-0.3, -0.25) is 4.99 Å². The molecule has 2 heterocycles. The number of benzene rings is 2. The van der Waals surface area contributed by atoms with E-state index in [4.69, 9.17) is 21.3 Å². The van der Waals surface area contributed by atoms with Crippen LogP contribution in [-0.2, 0) is 11.3 Å². The van der Waals surface area contributed by atoms with Gasteiger partial charge in [0.2, 0.25) is 0 Å². The number of aryl methyl sites for hydroxylation is 1. The maximum Gasteiger partial charge on any atom is 0.128 e. The zero-order chi connectivity index (χ0) is 18.1. The molecule has 4 rings (SSSR count). The third kappa shape index (κ3) is 3.08. The number of amidine groups is 1. The smallest absolute Gasteiger partial charge is 0.128 e. The molecular formula is C21H24ClN3O. The first-order chi connectivity index (χ1) is 12.6. The van der Waals surface area contributed by atoms with Gasteiger partial charge < -0.3 is 15.4 Å². The number of nitrogens with zero attached hydrogens (tertiary/aromatic N) is 1. The molecule has 2 aromatic carbocycles. The van der Waals surface area contributed by atoms with Crippen molar-refractivity contribution in [2.45, 2.75) is 32.4 Å². The van der Waals surface area contributed by atoms with Crippen LogP contribution in [0, 0.1) is 12.8 Å². The summed E-state index contributed by atoms with van der Waals surface area (Å²) in [6.07, 6.45) is 0.885. The molecule has 0 aliphatic carbocycles. The van der Waals surface area contributed by atoms with Gasteiger partial charge >= 0.3 is 0 Å². The molecule has 2 aromatic rings. The van der Waals surface area contributed by atoms with Gasteiger partial charge in [-0.15, -0.1) is 0 Å². The summed E-state index contributed by atoms with van der Waals surface area (Å²) in [7, 11) is 0. The summed E-state index contributed by atoms with van der Waals surface area (Å²) >= 11 is 6.41. The Balaban J connectivity index is 1.71. The first-order valence-corrected chi connectivity index (χ1v) is 9.48. The van der Waals surface area contributed by atoms with Crippen molar-refractivity contribution in [1.29, 1.82) is 0 Å². The average Bonchev–Trinajstić information content (AvgIpc) is 2.63. The second-order valence-corrected chi connectivity index (χ2v) is 7.66. The van der Waals surface area contributed by atoms with Gasteiger partial charge in [0, 0.05) is 24.0 Å². The lowest BCUT2D eigenvalue weighted by molar-refractivity contribution is 0.0382. The number of ether oxygens (including phenoxy) is 1. The van der Waals surface area contributed by atoms with E-state index in [1.54, 1.807) is 0 Å². The number of hydrogen-bond acceptors (Lipinski definition) is 3. The highest BCUT2D eigenvalue weighted by atomic mass is 35.5. The number of halogens is 1. The highest BCUT2D eigenvalue weighted by Crippen LogP contribution is 2.39. The van der Waals surface area contributed by atoms with Crippen molar-refractivity contribution in [3.8, 4) is 0 Å². The molecule has 2 atom stereocenters. The molecule has 0 bridgehead atoms. The topological polar surface area (TPSA) is 45.7 Å². The summed E-state index contributed by atoms with van der Waals surface area (Å²) < 4.78 is 5.70. The predicted molar refractivity (Wildman–Crippen MR) is 108 cm³/mol. The molecule has 1 spiro atoms. The van der Waals surface area contributed by atoms with Crippen LogP contribution in [0.25, 0.3) is 0 Å². The molecule has 0 radical (unpaired) electrons. The zero-order valence-electron chi connectivity index (χ0n) is 15.2. The maximum absolute atomic E-state index is 6.41. The second kappa shape index (κ2) is 6.93. The minimum atomic E-state index is -0.232. The van der Waals surface area contributed by atoms with Crippen molar-refractivity contribution in [3.05, 3.63) is 58.6 Å². The van der Waals surface area contributed by atoms with Gasteiger partial charge in [-0.25, -0.2) is 0 Å². The maximum atomic E-state index is 6.41. The van der Waals surface area contributed by atoms with Crippen molar-refractivity contribution >= 4 is 28.8 Å². The summed E-state index contributed by atoms with van der Waals surface area (Å²) in [4.78, 5) is 4.97. The molecule has 0 saturated carbocycles. The van der Waals surface area contributed by atoms with E-state index in [-0.39, 0.29) is 5.54 Å². The van der Waals surface area contributed by atoms with Crippen LogP contribution in [0.5, 0.6) is 0 Å². The number of aliphatic imine (C=N–C) groups is 1. The molecule has 1 fully saturated rings. The Labute approximate surface area is 159 Å². The van der Waals surface area contributed by atoms with Crippen LogP contribution in [0.1, 0.15) is 24.5 Å². The number of fused-ring (bicyclic) bond motifs is 1. The largest absolute Gasteiger partial charge is 0.381 e. The van der Waals surface area contributed by atoms with Gasteiger partial charge in [0.05, 0.1) is 24.5 Å². The lowest BCUT2D eigenvalue weighted by Gasteiger charge is -2.47. The Hall–Kier alpha value is -2.04. The highest BCUT2D eigenvalue weighted by molar-refractivity contribution is 6.31. The van der Waals surface area contributed by atoms with Crippen molar-refractivity contribution in [2.24, 2.45) is 10.9 Å². The Bertz CT molecular complexity index is 851. The van der Waals surface area contributed by atoms with E-state index in [1.165, 1.54) is 0 Å². The third-order valence-electron chi connectivity index (χ3n) is 5.43. The molecule has 1 saturated heterocycles. The fourth-order valence-electron chi connectivity index (χ4n) is 3.78. The quantitative estimate of drug-likeness (QED) is 0.793. The summed E-state index contributed by atoms with van der Waals surface area (Å²) in [5, 5.41) is 8.11. The lowest BCUT2D eigenvalue weighted by Crippen LogP contribution is -2.60. The molecule has 2 N–H and O–H groups in total. The normalized spacial score (nSPS) is 26.3. The molecule has 26 heavy (non-hydrogen) atoms. The average molecular weight is 370 g/mol. The van der Waals surface area contributed by atoms with Crippen LogP contribution >= 0.6 is 11.6 Å². The van der Waals surface area contributed by atoms with E-state index >= 15 is 0 Å². The van der Waals surface area contributed by atoms with E-state index in [2.05, 4.69) is 47.9 Å². The molecule has 2 unspecified atom stereocenters. The monoisotopic (exact) mass is 369 g/mol. The van der Waals surface area contributed by atoms with E-state index in [1.807, 2.05) is 19.1 Å². The Morgan fingerprint density at radius 2 is 2.04 bits per heavy atom. The number of rotatable bonds is 2. The summed E-state index contributed by atoms with van der Waals surface area (Å²) in [6.45, 7) is 6.27. The molecule has 136 valence electrons. The van der Waals surface area contributed by atoms with Crippen LogP contribution in [-0.4, -0.2) is 24.6 Å². The van der Waals surface area contributed by atoms with Gasteiger partial charge in [0.1, 0.15) is 11.4 Å². The molecule has 0 amide bonds. The number of para-hydroxylation sites is 2. The standard InChI is InChI=1S/C21H24ClN3O/c1-14-7-8-16(17(22)11-14)12-23-20-21(9-10-26-13-15(21)2)25-19-6-4-3-5-18(19)24-20/h3-8,11,15,25H,9-10,12-13H2,1-2H3,(H,23,24). The first-order valence-electron chi connectivity index (χ1n) is 9.10. The van der Waals surface area contributed by atoms with Crippen LogP contribution < -0.4 is 10.6 Å². The van der Waals surface area contributed by atoms with Crippen molar-refractivity contribution in [2.75, 3.05) is 23.8 Å². The summed E-state index contributed by atoms with van der Waals surface area (Å²) in [6, 6.07) is 14.4. The van der Waals surface area contributed by atoms with Crippen LogP contribution in [0.2, 0.25) is 5.02 Å². The minimum Gasteiger partial charge on any atom is -0.381 e. The number of nitrogens with one attached hydrogen (secondary N) is 2. The van der Waals surface area contributed by atoms with Crippen LogP contribution in [0.3, 0.4) is 0 Å². The summed E-state index contributed by atoms with van der Waals surface area (Å²) in [5.41, 5.74) is 4.15. The summed E-state index contributed by atoms with van der Waals surface area (Å²) in [5.74, 6) is 1.29. The number of anilines is 2. The molecular weight excluding hydrogens is 346 g/mol. The van der Waals surface area contributed by atoms with E-state index in [0.29, 0.717) is 12.5 Å². The molecule has 2 aliphatic heterocycles. The SMILES string of the molecule is Cc1ccc(CN=C2Nc3ccccc3NC23CCOCC3C)c(Cl)c1. The van der Waals surface area contributed by atoms with Gasteiger partial charge in [-0.05, 0) is 36.2 Å². The van der Waals surface area contributed by atoms with Crippen molar-refractivity contribution in [1.82, 2.24) is 0 Å². The van der Waals surface area contributed by atoms with E-state index in [9.17, 15) is 0 Å². The molecule has 4 nitrogen and oxygen atoms in total. The molecule has 2 aliphatic rings. The molecule has 5 heteroatoms. The van der Waals surface area contributed by atoms with Crippen molar-refractivity contribution in [3.63, 3.8) is 0 Å². The zero-order valence-corrected chi connectivity index (χ0v) is 15.9. The van der Waals surface area contributed by atoms with Crippen molar-refractivity contribution < 1.29 is 4.74 Å². The van der Waals surface area contributed by atoms with Gasteiger partial charge in [-0.1, -0.05) is 42.8 Å².